The molecular formula is C12H18O5. The Bertz CT molecular complexity index is 323. The molecule has 2 aliphatic rings. The van der Waals surface area contributed by atoms with E-state index in [0.717, 1.165) is 0 Å². The van der Waals surface area contributed by atoms with Gasteiger partial charge in [0.1, 0.15) is 11.7 Å². The largest absolute Gasteiger partial charge is 0.381 e. The highest BCUT2D eigenvalue weighted by Gasteiger charge is 2.68. The van der Waals surface area contributed by atoms with Crippen molar-refractivity contribution in [3.63, 3.8) is 0 Å². The summed E-state index contributed by atoms with van der Waals surface area (Å²) >= 11 is 0. The Kier molecular flexibility index (Phi) is 3.36. The van der Waals surface area contributed by atoms with E-state index in [4.69, 9.17) is 14.2 Å². The second kappa shape index (κ2) is 4.49. The molecule has 0 aromatic rings. The van der Waals surface area contributed by atoms with Crippen LogP contribution in [0.2, 0.25) is 0 Å². The summed E-state index contributed by atoms with van der Waals surface area (Å²) in [5.74, 6) is -0.0988. The predicted molar refractivity (Wildman–Crippen MR) is 59.7 cm³/mol. The average Bonchev–Trinajstić information content (AvgIpc) is 3.07. The molecule has 1 aliphatic carbocycles. The zero-order valence-corrected chi connectivity index (χ0v) is 9.98. The van der Waals surface area contributed by atoms with Gasteiger partial charge < -0.3 is 19.3 Å². The van der Waals surface area contributed by atoms with E-state index in [0.29, 0.717) is 26.1 Å². The van der Waals surface area contributed by atoms with Crippen LogP contribution >= 0.6 is 0 Å². The van der Waals surface area contributed by atoms with Crippen molar-refractivity contribution in [2.24, 2.45) is 0 Å². The van der Waals surface area contributed by atoms with Gasteiger partial charge in [0.2, 0.25) is 0 Å². The number of rotatable bonds is 5. The number of hydrogen-bond donors (Lipinski definition) is 1. The topological polar surface area (TPSA) is 68.3 Å². The average molecular weight is 242 g/mol. The van der Waals surface area contributed by atoms with Gasteiger partial charge in [0, 0.05) is 13.5 Å². The maximum absolute atomic E-state index is 11.8. The van der Waals surface area contributed by atoms with Crippen molar-refractivity contribution in [2.45, 2.75) is 30.1 Å². The van der Waals surface area contributed by atoms with Gasteiger partial charge in [0.15, 0.2) is 11.4 Å². The molecule has 3 atom stereocenters. The number of Topliss-reactive ketones (excluding diaryl/α,β-unsaturated/α-hetero) is 1. The third kappa shape index (κ3) is 1.93. The van der Waals surface area contributed by atoms with E-state index >= 15 is 0 Å². The quantitative estimate of drug-likeness (QED) is 0.419. The van der Waals surface area contributed by atoms with Gasteiger partial charge in [-0.05, 0) is 6.42 Å². The second-order valence-corrected chi connectivity index (χ2v) is 4.59. The standard InChI is InChI=1S/C12H18O5/c1-3-6-16-8-12(14)10(15-2)9(13)4-5-11(12)7-17-11/h3,10,14H,1,4-8H2,2H3/t10-,11+,12-/m1/s1. The van der Waals surface area contributed by atoms with Crippen LogP contribution in [0.3, 0.4) is 0 Å². The summed E-state index contributed by atoms with van der Waals surface area (Å²) in [6, 6.07) is 0. The van der Waals surface area contributed by atoms with Crippen LogP contribution in [0.5, 0.6) is 0 Å². The summed E-state index contributed by atoms with van der Waals surface area (Å²) in [7, 11) is 1.42. The molecule has 17 heavy (non-hydrogen) atoms. The van der Waals surface area contributed by atoms with E-state index in [1.54, 1.807) is 6.08 Å². The van der Waals surface area contributed by atoms with Gasteiger partial charge >= 0.3 is 0 Å². The zero-order valence-electron chi connectivity index (χ0n) is 9.98. The summed E-state index contributed by atoms with van der Waals surface area (Å²) in [6.45, 7) is 4.33. The van der Waals surface area contributed by atoms with Crippen molar-refractivity contribution in [3.05, 3.63) is 12.7 Å². The third-order valence-electron chi connectivity index (χ3n) is 3.58. The summed E-state index contributed by atoms with van der Waals surface area (Å²) in [5, 5.41) is 10.7. The van der Waals surface area contributed by atoms with Crippen LogP contribution in [0.4, 0.5) is 0 Å². The van der Waals surface area contributed by atoms with Crippen LogP contribution in [0.1, 0.15) is 12.8 Å². The SMILES string of the molecule is C=CCOC[C@@]1(O)[C@H](OC)C(=O)CC[C@]12CO2. The molecule has 1 saturated heterocycles. The molecule has 0 unspecified atom stereocenters. The molecule has 1 spiro atoms. The van der Waals surface area contributed by atoms with Crippen molar-refractivity contribution in [1.82, 2.24) is 0 Å². The van der Waals surface area contributed by atoms with Gasteiger partial charge in [-0.2, -0.15) is 0 Å². The highest BCUT2D eigenvalue weighted by molar-refractivity contribution is 5.86. The van der Waals surface area contributed by atoms with E-state index in [-0.39, 0.29) is 12.4 Å². The molecular weight excluding hydrogens is 224 g/mol. The Morgan fingerprint density at radius 2 is 2.41 bits per heavy atom. The van der Waals surface area contributed by atoms with Crippen LogP contribution < -0.4 is 0 Å². The summed E-state index contributed by atoms with van der Waals surface area (Å²) in [5.41, 5.74) is -2.05. The number of epoxide rings is 1. The van der Waals surface area contributed by atoms with Crippen LogP contribution in [0.15, 0.2) is 12.7 Å². The van der Waals surface area contributed by atoms with E-state index in [2.05, 4.69) is 6.58 Å². The summed E-state index contributed by atoms with van der Waals surface area (Å²) < 4.78 is 15.8. The van der Waals surface area contributed by atoms with Gasteiger partial charge in [-0.3, -0.25) is 4.79 Å². The van der Waals surface area contributed by atoms with E-state index in [9.17, 15) is 9.90 Å². The molecule has 1 N–H and O–H groups in total. The Labute approximate surface area is 100 Å². The molecule has 96 valence electrons. The lowest BCUT2D eigenvalue weighted by atomic mass is 9.73. The predicted octanol–water partition coefficient (Wildman–Crippen LogP) is 0.0670. The molecule has 0 aromatic heterocycles. The first kappa shape index (κ1) is 12.7. The monoisotopic (exact) mass is 242 g/mol. The van der Waals surface area contributed by atoms with Gasteiger partial charge in [-0.1, -0.05) is 6.08 Å². The highest BCUT2D eigenvalue weighted by Crippen LogP contribution is 2.48. The molecule has 1 aliphatic heterocycles. The Balaban J connectivity index is 2.16. The van der Waals surface area contributed by atoms with Crippen molar-refractivity contribution < 1.29 is 24.1 Å². The molecule has 0 radical (unpaired) electrons. The third-order valence-corrected chi connectivity index (χ3v) is 3.58. The number of aliphatic hydroxyl groups is 1. The number of methoxy groups -OCH3 is 1. The first-order chi connectivity index (χ1) is 8.09. The van der Waals surface area contributed by atoms with Crippen LogP contribution in [-0.2, 0) is 19.0 Å². The molecule has 5 nitrogen and oxygen atoms in total. The van der Waals surface area contributed by atoms with E-state index in [1.807, 2.05) is 0 Å². The molecule has 0 aromatic carbocycles. The van der Waals surface area contributed by atoms with Gasteiger partial charge in [0.05, 0.1) is 19.8 Å². The summed E-state index contributed by atoms with van der Waals surface area (Å²) in [4.78, 5) is 11.8. The molecule has 2 fully saturated rings. The van der Waals surface area contributed by atoms with Crippen molar-refractivity contribution >= 4 is 5.78 Å². The lowest BCUT2D eigenvalue weighted by Gasteiger charge is -2.42. The smallest absolute Gasteiger partial charge is 0.164 e. The molecule has 0 bridgehead atoms. The fourth-order valence-corrected chi connectivity index (χ4v) is 2.49. The van der Waals surface area contributed by atoms with Crippen LogP contribution in [0.25, 0.3) is 0 Å². The normalized spacial score (nSPS) is 40.6. The van der Waals surface area contributed by atoms with Gasteiger partial charge in [-0.15, -0.1) is 6.58 Å². The van der Waals surface area contributed by atoms with Crippen molar-refractivity contribution in [3.8, 4) is 0 Å². The molecule has 5 heteroatoms. The number of hydrogen-bond acceptors (Lipinski definition) is 5. The molecule has 2 rings (SSSR count). The lowest BCUT2D eigenvalue weighted by molar-refractivity contribution is -0.189. The number of carbonyl (C=O) groups is 1. The van der Waals surface area contributed by atoms with Gasteiger partial charge in [-0.25, -0.2) is 0 Å². The number of carbonyl (C=O) groups excluding carboxylic acids is 1. The fourth-order valence-electron chi connectivity index (χ4n) is 2.49. The fraction of sp³-hybridized carbons (Fsp3) is 0.750. The zero-order chi connectivity index (χ0) is 12.5. The van der Waals surface area contributed by atoms with Crippen molar-refractivity contribution in [1.29, 1.82) is 0 Å². The van der Waals surface area contributed by atoms with E-state index < -0.39 is 17.3 Å². The molecule has 1 saturated carbocycles. The maximum atomic E-state index is 11.8. The molecule has 0 amide bonds. The number of ether oxygens (including phenoxy) is 3. The minimum Gasteiger partial charge on any atom is -0.381 e. The highest BCUT2D eigenvalue weighted by atomic mass is 16.6. The Morgan fingerprint density at radius 1 is 1.71 bits per heavy atom. The summed E-state index contributed by atoms with van der Waals surface area (Å²) in [6.07, 6.45) is 1.63. The molecule has 1 heterocycles. The van der Waals surface area contributed by atoms with Crippen LogP contribution in [0, 0.1) is 0 Å². The number of ketones is 1. The van der Waals surface area contributed by atoms with Gasteiger partial charge in [0.25, 0.3) is 0 Å². The minimum absolute atomic E-state index is 0.0171. The Morgan fingerprint density at radius 3 is 2.94 bits per heavy atom. The first-order valence-corrected chi connectivity index (χ1v) is 5.70. The Hall–Kier alpha value is -0.750. The minimum atomic E-state index is -1.39. The second-order valence-electron chi connectivity index (χ2n) is 4.59. The maximum Gasteiger partial charge on any atom is 0.164 e. The lowest BCUT2D eigenvalue weighted by Crippen LogP contribution is -2.64. The first-order valence-electron chi connectivity index (χ1n) is 5.70. The van der Waals surface area contributed by atoms with Crippen LogP contribution in [-0.4, -0.2) is 55.1 Å². The van der Waals surface area contributed by atoms with E-state index in [1.165, 1.54) is 7.11 Å². The van der Waals surface area contributed by atoms with Crippen molar-refractivity contribution in [2.75, 3.05) is 26.9 Å².